The molecule has 0 heterocycles. The van der Waals surface area contributed by atoms with Crippen LogP contribution in [-0.4, -0.2) is 12.3 Å². The zero-order chi connectivity index (χ0) is 12.6. The number of amides is 1. The van der Waals surface area contributed by atoms with Crippen LogP contribution in [0.25, 0.3) is 0 Å². The number of rotatable bonds is 3. The van der Waals surface area contributed by atoms with E-state index >= 15 is 0 Å². The molecule has 0 saturated carbocycles. The highest BCUT2D eigenvalue weighted by Gasteiger charge is 2.00. The molecule has 0 radical (unpaired) electrons. The summed E-state index contributed by atoms with van der Waals surface area (Å²) in [6.07, 6.45) is 0.860. The van der Waals surface area contributed by atoms with Crippen molar-refractivity contribution in [2.75, 3.05) is 5.32 Å². The Labute approximate surface area is 105 Å². The van der Waals surface area contributed by atoms with Gasteiger partial charge in [-0.2, -0.15) is 0 Å². The number of carbonyl (C=O) groups is 1. The number of anilines is 1. The molecule has 0 aromatic heterocycles. The van der Waals surface area contributed by atoms with Gasteiger partial charge in [0.15, 0.2) is 0 Å². The number of carbonyl (C=O) groups excluding carboxylic acids is 1. The number of oxime groups is 1. The van der Waals surface area contributed by atoms with Gasteiger partial charge in [0.05, 0.1) is 6.21 Å². The molecule has 0 spiro atoms. The molecule has 2 rings (SSSR count). The van der Waals surface area contributed by atoms with Crippen molar-refractivity contribution in [3.8, 4) is 0 Å². The Morgan fingerprint density at radius 1 is 1.00 bits per heavy atom. The summed E-state index contributed by atoms with van der Waals surface area (Å²) in [6, 6.07) is 18.4. The van der Waals surface area contributed by atoms with Crippen LogP contribution in [0.15, 0.2) is 65.8 Å². The van der Waals surface area contributed by atoms with E-state index < -0.39 is 6.09 Å². The van der Waals surface area contributed by atoms with E-state index in [1.807, 2.05) is 48.5 Å². The van der Waals surface area contributed by atoms with Crippen molar-refractivity contribution in [1.82, 2.24) is 0 Å². The number of para-hydroxylation sites is 1. The molecule has 18 heavy (non-hydrogen) atoms. The van der Waals surface area contributed by atoms with E-state index in [9.17, 15) is 4.79 Å². The van der Waals surface area contributed by atoms with E-state index in [0.717, 1.165) is 5.56 Å². The van der Waals surface area contributed by atoms with Gasteiger partial charge in [-0.05, 0) is 17.7 Å². The Morgan fingerprint density at radius 3 is 2.28 bits per heavy atom. The first kappa shape index (κ1) is 11.9. The third-order valence-electron chi connectivity index (χ3n) is 2.16. The lowest BCUT2D eigenvalue weighted by atomic mass is 10.2. The monoisotopic (exact) mass is 240 g/mol. The molecule has 0 aliphatic rings. The fourth-order valence-electron chi connectivity index (χ4n) is 1.34. The predicted octanol–water partition coefficient (Wildman–Crippen LogP) is 3.27. The number of nitrogens with one attached hydrogen (secondary N) is 1. The smallest absolute Gasteiger partial charge is 0.298 e. The largest absolute Gasteiger partial charge is 0.437 e. The number of hydrogen-bond donors (Lipinski definition) is 1. The second-order valence-electron chi connectivity index (χ2n) is 3.51. The van der Waals surface area contributed by atoms with Crippen LogP contribution in [0.3, 0.4) is 0 Å². The average molecular weight is 240 g/mol. The van der Waals surface area contributed by atoms with E-state index in [-0.39, 0.29) is 0 Å². The Kier molecular flexibility index (Phi) is 4.08. The fraction of sp³-hybridized carbons (Fsp3) is 0. The van der Waals surface area contributed by atoms with E-state index in [1.165, 1.54) is 6.21 Å². The Hall–Kier alpha value is -2.62. The van der Waals surface area contributed by atoms with Crippen LogP contribution < -0.4 is 5.32 Å². The molecular weight excluding hydrogens is 228 g/mol. The summed E-state index contributed by atoms with van der Waals surface area (Å²) in [7, 11) is 0. The van der Waals surface area contributed by atoms with Crippen molar-refractivity contribution < 1.29 is 9.63 Å². The molecule has 1 amide bonds. The third-order valence-corrected chi connectivity index (χ3v) is 2.16. The molecule has 0 unspecified atom stereocenters. The molecule has 1 N–H and O–H groups in total. The average Bonchev–Trinajstić information content (AvgIpc) is 2.41. The van der Waals surface area contributed by atoms with Crippen LogP contribution >= 0.6 is 0 Å². The van der Waals surface area contributed by atoms with Gasteiger partial charge in [-0.3, -0.25) is 10.2 Å². The molecule has 0 bridgehead atoms. The minimum absolute atomic E-state index is 0.617. The standard InChI is InChI=1S/C14H12N2O2/c17-14(16-13-9-5-2-6-10-13)18-15-11-12-7-3-1-4-8-12/h1-11H,(H,16,17)/b15-11-. The number of hydrogen-bond acceptors (Lipinski definition) is 3. The van der Waals surface area contributed by atoms with Crippen LogP contribution in [-0.2, 0) is 4.84 Å². The summed E-state index contributed by atoms with van der Waals surface area (Å²) in [5, 5.41) is 6.15. The zero-order valence-corrected chi connectivity index (χ0v) is 9.61. The SMILES string of the molecule is O=C(Nc1ccccc1)O/N=C\c1ccccc1. The Morgan fingerprint density at radius 2 is 1.61 bits per heavy atom. The summed E-state index contributed by atoms with van der Waals surface area (Å²) < 4.78 is 0. The molecule has 0 saturated heterocycles. The summed E-state index contributed by atoms with van der Waals surface area (Å²) >= 11 is 0. The lowest BCUT2D eigenvalue weighted by molar-refractivity contribution is 0.167. The van der Waals surface area contributed by atoms with Gasteiger partial charge in [-0.1, -0.05) is 53.7 Å². The van der Waals surface area contributed by atoms with Crippen LogP contribution in [0.1, 0.15) is 5.56 Å². The molecule has 0 aliphatic carbocycles. The number of benzene rings is 2. The summed E-state index contributed by atoms with van der Waals surface area (Å²) in [6.45, 7) is 0. The third kappa shape index (κ3) is 3.75. The minimum atomic E-state index is -0.617. The normalized spacial score (nSPS) is 10.2. The van der Waals surface area contributed by atoms with Crippen molar-refractivity contribution >= 4 is 18.0 Å². The molecule has 2 aromatic carbocycles. The molecule has 0 aliphatic heterocycles. The van der Waals surface area contributed by atoms with E-state index in [2.05, 4.69) is 15.3 Å². The Bertz CT molecular complexity index is 524. The zero-order valence-electron chi connectivity index (χ0n) is 9.61. The van der Waals surface area contributed by atoms with Crippen molar-refractivity contribution in [1.29, 1.82) is 0 Å². The molecule has 2 aromatic rings. The highest BCUT2D eigenvalue weighted by molar-refractivity contribution is 5.85. The van der Waals surface area contributed by atoms with Gasteiger partial charge in [0, 0.05) is 5.69 Å². The highest BCUT2D eigenvalue weighted by atomic mass is 16.7. The predicted molar refractivity (Wildman–Crippen MR) is 70.6 cm³/mol. The van der Waals surface area contributed by atoms with Gasteiger partial charge in [-0.15, -0.1) is 0 Å². The van der Waals surface area contributed by atoms with E-state index in [0.29, 0.717) is 5.69 Å². The van der Waals surface area contributed by atoms with Gasteiger partial charge >= 0.3 is 6.09 Å². The first-order chi connectivity index (χ1) is 8.84. The van der Waals surface area contributed by atoms with E-state index in [4.69, 9.17) is 0 Å². The molecular formula is C14H12N2O2. The Balaban J connectivity index is 1.84. The summed E-state index contributed by atoms with van der Waals surface area (Å²) in [5.74, 6) is 0. The first-order valence-electron chi connectivity index (χ1n) is 5.46. The minimum Gasteiger partial charge on any atom is -0.298 e. The molecule has 4 heteroatoms. The van der Waals surface area contributed by atoms with Crippen molar-refractivity contribution in [3.05, 3.63) is 66.2 Å². The van der Waals surface area contributed by atoms with Crippen LogP contribution in [0.5, 0.6) is 0 Å². The topological polar surface area (TPSA) is 50.7 Å². The maximum absolute atomic E-state index is 11.4. The maximum Gasteiger partial charge on any atom is 0.437 e. The lowest BCUT2D eigenvalue weighted by Crippen LogP contribution is -2.10. The van der Waals surface area contributed by atoms with Gasteiger partial charge in [0.2, 0.25) is 0 Å². The summed E-state index contributed by atoms with van der Waals surface area (Å²) in [4.78, 5) is 16.0. The second kappa shape index (κ2) is 6.20. The fourth-order valence-corrected chi connectivity index (χ4v) is 1.34. The first-order valence-corrected chi connectivity index (χ1v) is 5.46. The molecule has 90 valence electrons. The molecule has 0 fully saturated rings. The lowest BCUT2D eigenvalue weighted by Gasteiger charge is -2.01. The van der Waals surface area contributed by atoms with Crippen LogP contribution in [0.2, 0.25) is 0 Å². The van der Waals surface area contributed by atoms with Crippen molar-refractivity contribution in [2.45, 2.75) is 0 Å². The van der Waals surface area contributed by atoms with Gasteiger partial charge < -0.3 is 0 Å². The summed E-state index contributed by atoms with van der Waals surface area (Å²) in [5.41, 5.74) is 1.53. The van der Waals surface area contributed by atoms with E-state index in [1.54, 1.807) is 12.1 Å². The number of nitrogens with zero attached hydrogens (tertiary/aromatic N) is 1. The molecule has 0 atom stereocenters. The van der Waals surface area contributed by atoms with Crippen molar-refractivity contribution in [2.24, 2.45) is 5.16 Å². The second-order valence-corrected chi connectivity index (χ2v) is 3.51. The highest BCUT2D eigenvalue weighted by Crippen LogP contribution is 2.05. The van der Waals surface area contributed by atoms with Crippen LogP contribution in [0, 0.1) is 0 Å². The van der Waals surface area contributed by atoms with Crippen molar-refractivity contribution in [3.63, 3.8) is 0 Å². The molecule has 4 nitrogen and oxygen atoms in total. The van der Waals surface area contributed by atoms with Gasteiger partial charge in [0.25, 0.3) is 0 Å². The van der Waals surface area contributed by atoms with Gasteiger partial charge in [-0.25, -0.2) is 4.79 Å². The van der Waals surface area contributed by atoms with Crippen LogP contribution in [0.4, 0.5) is 10.5 Å². The van der Waals surface area contributed by atoms with Gasteiger partial charge in [0.1, 0.15) is 0 Å². The maximum atomic E-state index is 11.4. The quantitative estimate of drug-likeness (QED) is 0.508.